The van der Waals surface area contributed by atoms with E-state index in [9.17, 15) is 5.26 Å². The van der Waals surface area contributed by atoms with Gasteiger partial charge in [-0.1, -0.05) is 158 Å². The van der Waals surface area contributed by atoms with Gasteiger partial charge in [-0.05, 0) is 112 Å². The number of aromatic nitrogens is 3. The largest absolute Gasteiger partial charge is 0.208 e. The molecule has 278 valence electrons. The van der Waals surface area contributed by atoms with Crippen molar-refractivity contribution >= 4 is 10.8 Å². The molecule has 0 N–H and O–H groups in total. The second kappa shape index (κ2) is 13.7. The summed E-state index contributed by atoms with van der Waals surface area (Å²) in [5.74, 6) is 3.53. The normalized spacial score (nSPS) is 21.8. The van der Waals surface area contributed by atoms with Crippen LogP contribution in [0.15, 0.2) is 170 Å². The summed E-state index contributed by atoms with van der Waals surface area (Å²) in [6, 6.07) is 62.7. The average molecular weight is 747 g/mol. The lowest BCUT2D eigenvalue weighted by molar-refractivity contribution is -0.0281. The van der Waals surface area contributed by atoms with Gasteiger partial charge in [-0.15, -0.1) is 0 Å². The van der Waals surface area contributed by atoms with Crippen molar-refractivity contribution in [2.45, 2.75) is 49.4 Å². The van der Waals surface area contributed by atoms with Gasteiger partial charge in [0.05, 0.1) is 11.6 Å². The highest BCUT2D eigenvalue weighted by molar-refractivity contribution is 5.99. The fourth-order valence-corrected chi connectivity index (χ4v) is 11.4. The first-order chi connectivity index (χ1) is 28.5. The van der Waals surface area contributed by atoms with Crippen LogP contribution in [0.4, 0.5) is 0 Å². The summed E-state index contributed by atoms with van der Waals surface area (Å²) in [5.41, 5.74) is 11.7. The lowest BCUT2D eigenvalue weighted by atomic mass is 9.41. The summed E-state index contributed by atoms with van der Waals surface area (Å²) in [5, 5.41) is 11.9. The highest BCUT2D eigenvalue weighted by atomic mass is 15.0. The van der Waals surface area contributed by atoms with Crippen LogP contribution in [0.1, 0.15) is 55.2 Å². The van der Waals surface area contributed by atoms with Crippen LogP contribution in [0.25, 0.3) is 67.2 Å². The highest BCUT2D eigenvalue weighted by Gasteiger charge is 2.58. The van der Waals surface area contributed by atoms with Crippen LogP contribution in [0, 0.1) is 23.2 Å². The molecular formula is C54H42N4. The van der Waals surface area contributed by atoms with Crippen LogP contribution in [-0.2, 0) is 10.8 Å². The first-order valence-corrected chi connectivity index (χ1v) is 20.7. The van der Waals surface area contributed by atoms with Crippen molar-refractivity contribution in [1.29, 1.82) is 5.26 Å². The number of hydrogen-bond donors (Lipinski definition) is 0. The van der Waals surface area contributed by atoms with Crippen LogP contribution in [0.5, 0.6) is 0 Å². The molecule has 4 heteroatoms. The van der Waals surface area contributed by atoms with E-state index in [2.05, 4.69) is 140 Å². The van der Waals surface area contributed by atoms with Gasteiger partial charge in [0.15, 0.2) is 17.5 Å². The van der Waals surface area contributed by atoms with Crippen LogP contribution >= 0.6 is 0 Å². The Morgan fingerprint density at radius 2 is 0.914 bits per heavy atom. The predicted molar refractivity (Wildman–Crippen MR) is 234 cm³/mol. The molecule has 1 heterocycles. The SMILES string of the molecule is N#Cc1ccc(-c2ccc(C34CC5CC(CC(c6ccc(-c7nc(-c8ccccc8)nc(-c8cccc(-c9ccccc9)c8)n7)cc6)(C5)C3)C4)cc2)c2ccccc12. The van der Waals surface area contributed by atoms with Crippen molar-refractivity contribution in [2.75, 3.05) is 0 Å². The van der Waals surface area contributed by atoms with E-state index in [0.29, 0.717) is 17.5 Å². The highest BCUT2D eigenvalue weighted by Crippen LogP contribution is 2.66. The molecule has 2 atom stereocenters. The molecule has 4 fully saturated rings. The van der Waals surface area contributed by atoms with Crippen molar-refractivity contribution in [3.05, 3.63) is 187 Å². The number of nitriles is 1. The van der Waals surface area contributed by atoms with Crippen molar-refractivity contribution in [2.24, 2.45) is 11.8 Å². The van der Waals surface area contributed by atoms with E-state index in [1.165, 1.54) is 60.8 Å². The Kier molecular flexibility index (Phi) is 8.19. The van der Waals surface area contributed by atoms with Crippen LogP contribution in [0.3, 0.4) is 0 Å². The predicted octanol–water partition coefficient (Wildman–Crippen LogP) is 13.0. The molecule has 0 amide bonds. The minimum Gasteiger partial charge on any atom is -0.208 e. The first-order valence-electron chi connectivity index (χ1n) is 20.7. The van der Waals surface area contributed by atoms with Crippen LogP contribution in [0.2, 0.25) is 0 Å². The fraction of sp³-hybridized carbons (Fsp3) is 0.185. The van der Waals surface area contributed by atoms with E-state index < -0.39 is 0 Å². The molecule has 7 aromatic carbocycles. The van der Waals surface area contributed by atoms with Crippen molar-refractivity contribution < 1.29 is 0 Å². The van der Waals surface area contributed by atoms with Gasteiger partial charge in [-0.3, -0.25) is 0 Å². The molecule has 0 radical (unpaired) electrons. The molecule has 4 bridgehead atoms. The molecule has 0 saturated heterocycles. The van der Waals surface area contributed by atoms with Gasteiger partial charge < -0.3 is 0 Å². The molecule has 2 unspecified atom stereocenters. The van der Waals surface area contributed by atoms with Gasteiger partial charge in [0.1, 0.15) is 0 Å². The molecule has 58 heavy (non-hydrogen) atoms. The quantitative estimate of drug-likeness (QED) is 0.163. The molecule has 1 aromatic heterocycles. The third-order valence-corrected chi connectivity index (χ3v) is 13.6. The molecule has 4 saturated carbocycles. The van der Waals surface area contributed by atoms with Crippen LogP contribution < -0.4 is 0 Å². The third-order valence-electron chi connectivity index (χ3n) is 13.6. The summed E-state index contributed by atoms with van der Waals surface area (Å²) < 4.78 is 0. The van der Waals surface area contributed by atoms with Gasteiger partial charge in [0.25, 0.3) is 0 Å². The van der Waals surface area contributed by atoms with Gasteiger partial charge in [-0.2, -0.15) is 5.26 Å². The fourth-order valence-electron chi connectivity index (χ4n) is 11.4. The van der Waals surface area contributed by atoms with E-state index in [1.807, 2.05) is 36.4 Å². The third kappa shape index (κ3) is 5.93. The number of fused-ring (bicyclic) bond motifs is 1. The number of nitrogens with zero attached hydrogens (tertiary/aromatic N) is 4. The van der Waals surface area contributed by atoms with E-state index in [1.54, 1.807) is 0 Å². The van der Waals surface area contributed by atoms with Gasteiger partial charge in [0.2, 0.25) is 0 Å². The Balaban J connectivity index is 0.922. The Hall–Kier alpha value is -6.70. The minimum atomic E-state index is 0.169. The van der Waals surface area contributed by atoms with Crippen molar-refractivity contribution in [3.8, 4) is 62.5 Å². The summed E-state index contributed by atoms with van der Waals surface area (Å²) in [7, 11) is 0. The number of rotatable bonds is 7. The van der Waals surface area contributed by atoms with Crippen molar-refractivity contribution in [1.82, 2.24) is 15.0 Å². The number of benzene rings is 7. The van der Waals surface area contributed by atoms with Crippen LogP contribution in [-0.4, -0.2) is 15.0 Å². The maximum Gasteiger partial charge on any atom is 0.164 e. The van der Waals surface area contributed by atoms with E-state index in [0.717, 1.165) is 56.0 Å². The van der Waals surface area contributed by atoms with Gasteiger partial charge >= 0.3 is 0 Å². The average Bonchev–Trinajstić information content (AvgIpc) is 3.29. The summed E-state index contributed by atoms with van der Waals surface area (Å²) >= 11 is 0. The summed E-state index contributed by atoms with van der Waals surface area (Å²) in [6.45, 7) is 0. The summed E-state index contributed by atoms with van der Waals surface area (Å²) in [4.78, 5) is 15.2. The standard InChI is InChI=1S/C54H42N4/c55-34-44-22-27-48(49-17-8-7-16-47(44)49)39-18-23-45(24-19-39)53-30-36-28-37(31-53)33-54(32-36,35-53)46-25-20-41(21-26-46)51-56-50(40-12-5-2-6-13-40)57-52(58-51)43-15-9-14-42(29-43)38-10-3-1-4-11-38/h1-27,29,36-37H,28,30-33,35H2. The monoisotopic (exact) mass is 746 g/mol. The Morgan fingerprint density at radius 1 is 0.431 bits per heavy atom. The zero-order valence-electron chi connectivity index (χ0n) is 32.4. The Morgan fingerprint density at radius 3 is 1.52 bits per heavy atom. The maximum atomic E-state index is 9.73. The molecular weight excluding hydrogens is 705 g/mol. The Bertz CT molecular complexity index is 2840. The molecule has 0 spiro atoms. The molecule has 8 aromatic rings. The smallest absolute Gasteiger partial charge is 0.164 e. The lowest BCUT2D eigenvalue weighted by Gasteiger charge is -2.63. The van der Waals surface area contributed by atoms with Crippen molar-refractivity contribution in [3.63, 3.8) is 0 Å². The summed E-state index contributed by atoms with van der Waals surface area (Å²) in [6.07, 6.45) is 7.65. The lowest BCUT2D eigenvalue weighted by Crippen LogP contribution is -2.55. The van der Waals surface area contributed by atoms with Gasteiger partial charge in [-0.25, -0.2) is 15.0 Å². The Labute approximate surface area is 340 Å². The molecule has 4 aliphatic rings. The topological polar surface area (TPSA) is 62.5 Å². The van der Waals surface area contributed by atoms with E-state index >= 15 is 0 Å². The van der Waals surface area contributed by atoms with E-state index in [4.69, 9.17) is 15.0 Å². The second-order valence-corrected chi connectivity index (χ2v) is 17.1. The molecule has 4 nitrogen and oxygen atoms in total. The maximum absolute atomic E-state index is 9.73. The van der Waals surface area contributed by atoms with E-state index in [-0.39, 0.29) is 10.8 Å². The zero-order valence-corrected chi connectivity index (χ0v) is 32.4. The second-order valence-electron chi connectivity index (χ2n) is 17.1. The first kappa shape index (κ1) is 34.5. The van der Waals surface area contributed by atoms with Gasteiger partial charge in [0, 0.05) is 22.1 Å². The number of hydrogen-bond acceptors (Lipinski definition) is 4. The molecule has 12 rings (SSSR count). The zero-order chi connectivity index (χ0) is 38.7. The molecule has 4 aliphatic carbocycles. The molecule has 0 aliphatic heterocycles. The minimum absolute atomic E-state index is 0.169.